The number of hydrogen-bond donors (Lipinski definition) is 0. The fraction of sp³-hybridized carbons (Fsp3) is 0.400. The van der Waals surface area contributed by atoms with Crippen molar-refractivity contribution in [2.24, 2.45) is 0 Å². The monoisotopic (exact) mass is 595 g/mol. The summed E-state index contributed by atoms with van der Waals surface area (Å²) in [7, 11) is 2.87. The first-order valence-corrected chi connectivity index (χ1v) is 14.7. The predicted octanol–water partition coefficient (Wildman–Crippen LogP) is 6.26. The van der Waals surface area contributed by atoms with Crippen molar-refractivity contribution in [1.82, 2.24) is 10.1 Å². The van der Waals surface area contributed by atoms with Crippen LogP contribution in [-0.2, 0) is 9.47 Å². The first-order valence-electron chi connectivity index (χ1n) is 13.9. The van der Waals surface area contributed by atoms with Gasteiger partial charge in [0.15, 0.2) is 10.9 Å². The van der Waals surface area contributed by atoms with Crippen molar-refractivity contribution in [2.75, 3.05) is 19.1 Å². The molecule has 0 spiro atoms. The molecule has 4 aromatic rings. The third-order valence-electron chi connectivity index (χ3n) is 8.34. The van der Waals surface area contributed by atoms with Crippen LogP contribution in [0.15, 0.2) is 34.9 Å². The summed E-state index contributed by atoms with van der Waals surface area (Å²) < 4.78 is 52.0. The Morgan fingerprint density at radius 2 is 1.74 bits per heavy atom. The van der Waals surface area contributed by atoms with Gasteiger partial charge in [0.1, 0.15) is 40.3 Å². The van der Waals surface area contributed by atoms with Crippen LogP contribution in [0.2, 0.25) is 0 Å². The van der Waals surface area contributed by atoms with Crippen LogP contribution in [0.3, 0.4) is 0 Å². The summed E-state index contributed by atoms with van der Waals surface area (Å²) in [6.45, 7) is 0. The summed E-state index contributed by atoms with van der Waals surface area (Å²) in [5.74, 6) is -1.96. The highest BCUT2D eigenvalue weighted by atomic mass is 32.1. The number of piperidine rings is 1. The van der Waals surface area contributed by atoms with Crippen molar-refractivity contribution in [1.29, 1.82) is 0 Å². The zero-order chi connectivity index (χ0) is 29.1. The predicted molar refractivity (Wildman–Crippen MR) is 149 cm³/mol. The molecule has 3 atom stereocenters. The first kappa shape index (κ1) is 26.8. The summed E-state index contributed by atoms with van der Waals surface area (Å²) in [6, 6.07) is 7.06. The number of fused-ring (bicyclic) bond motifs is 3. The van der Waals surface area contributed by atoms with Gasteiger partial charge < -0.3 is 23.6 Å². The number of nitrogens with zero attached hydrogens (tertiary/aromatic N) is 3. The average Bonchev–Trinajstić information content (AvgIpc) is 3.48. The minimum atomic E-state index is -0.822. The highest BCUT2D eigenvalue weighted by Crippen LogP contribution is 2.47. The van der Waals surface area contributed by atoms with Gasteiger partial charge in [-0.2, -0.15) is 0 Å². The van der Waals surface area contributed by atoms with E-state index in [0.29, 0.717) is 35.4 Å². The number of carbonyl (C=O) groups excluding carboxylic acids is 2. The van der Waals surface area contributed by atoms with Crippen LogP contribution in [0.5, 0.6) is 5.75 Å². The van der Waals surface area contributed by atoms with Crippen molar-refractivity contribution < 1.29 is 37.1 Å². The topological polar surface area (TPSA) is 104 Å². The minimum absolute atomic E-state index is 0.0101. The summed E-state index contributed by atoms with van der Waals surface area (Å²) in [4.78, 5) is 32.9. The van der Waals surface area contributed by atoms with E-state index >= 15 is 0 Å². The van der Waals surface area contributed by atoms with E-state index in [1.807, 2.05) is 0 Å². The lowest BCUT2D eigenvalue weighted by atomic mass is 9.99. The highest BCUT2D eigenvalue weighted by Gasteiger charge is 2.45. The molecule has 4 heterocycles. The van der Waals surface area contributed by atoms with Gasteiger partial charge in [0.2, 0.25) is 0 Å². The van der Waals surface area contributed by atoms with E-state index in [4.69, 9.17) is 23.7 Å². The molecule has 0 radical (unpaired) electrons. The van der Waals surface area contributed by atoms with Gasteiger partial charge in [-0.25, -0.2) is 23.4 Å². The summed E-state index contributed by atoms with van der Waals surface area (Å²) in [5, 5.41) is 4.74. The largest absolute Gasteiger partial charge is 0.494 e. The molecule has 3 fully saturated rings. The van der Waals surface area contributed by atoms with Crippen LogP contribution in [0.1, 0.15) is 70.9 Å². The minimum Gasteiger partial charge on any atom is -0.494 e. The molecule has 7 rings (SSSR count). The Labute approximate surface area is 243 Å². The summed E-state index contributed by atoms with van der Waals surface area (Å²) in [6.07, 6.45) is 4.21. The Hall–Kier alpha value is -4.06. The van der Waals surface area contributed by atoms with Gasteiger partial charge in [0.25, 0.3) is 0 Å². The van der Waals surface area contributed by atoms with Gasteiger partial charge in [0, 0.05) is 30.8 Å². The number of ether oxygens (including phenoxy) is 3. The van der Waals surface area contributed by atoms with Gasteiger partial charge >= 0.3 is 11.9 Å². The molecule has 2 aromatic heterocycles. The van der Waals surface area contributed by atoms with Crippen LogP contribution in [0.25, 0.3) is 21.5 Å². The number of anilines is 1. The standard InChI is InChI=1S/C30H27F2N3O6S/c1-38-21-10-15(28(36)39-2)11-22-25(21)33-30(42-22)35-16-8-9-17(35)13-18(12-16)40-29(37)24-26(34-41-27(24)14-6-7-14)23-19(31)4-3-5-20(23)32/h3-5,10-11,14,16-18H,6-9,12-13H2,1-2H3/t16-,17+,18?. The summed E-state index contributed by atoms with van der Waals surface area (Å²) >= 11 is 1.48. The number of carbonyl (C=O) groups is 2. The van der Waals surface area contributed by atoms with Gasteiger partial charge in [-0.05, 0) is 49.9 Å². The van der Waals surface area contributed by atoms with E-state index < -0.39 is 29.1 Å². The highest BCUT2D eigenvalue weighted by molar-refractivity contribution is 7.22. The maximum absolute atomic E-state index is 14.7. The number of esters is 2. The number of benzene rings is 2. The SMILES string of the molecule is COC(=O)c1cc(OC)c2nc(N3[C@@H]4CC[C@H]3CC(OC(=O)c3c(-c5c(F)cccc5F)noc3C3CC3)C4)sc2c1. The van der Waals surface area contributed by atoms with Crippen LogP contribution < -0.4 is 9.64 Å². The molecule has 0 amide bonds. The van der Waals surface area contributed by atoms with Crippen LogP contribution in [0, 0.1) is 11.6 Å². The van der Waals surface area contributed by atoms with E-state index in [1.54, 1.807) is 12.1 Å². The molecule has 2 bridgehead atoms. The zero-order valence-electron chi connectivity index (χ0n) is 22.9. The number of rotatable bonds is 7. The smallest absolute Gasteiger partial charge is 0.344 e. The Kier molecular flexibility index (Phi) is 6.60. The van der Waals surface area contributed by atoms with Crippen LogP contribution in [0.4, 0.5) is 13.9 Å². The molecule has 3 aliphatic rings. The van der Waals surface area contributed by atoms with Gasteiger partial charge in [0.05, 0.1) is 30.0 Å². The Bertz CT molecular complexity index is 1680. The summed E-state index contributed by atoms with van der Waals surface area (Å²) in [5.41, 5.74) is 0.519. The third-order valence-corrected chi connectivity index (χ3v) is 9.36. The number of hydrogen-bond acceptors (Lipinski definition) is 10. The van der Waals surface area contributed by atoms with E-state index in [-0.39, 0.29) is 35.4 Å². The number of aromatic nitrogens is 2. The van der Waals surface area contributed by atoms with Crippen LogP contribution in [-0.4, -0.2) is 54.5 Å². The van der Waals surface area contributed by atoms with Crippen molar-refractivity contribution in [3.8, 4) is 17.0 Å². The molecule has 218 valence electrons. The molecule has 2 aromatic carbocycles. The Balaban J connectivity index is 1.14. The molecule has 42 heavy (non-hydrogen) atoms. The molecule has 2 saturated heterocycles. The second kappa shape index (κ2) is 10.3. The van der Waals surface area contributed by atoms with Crippen molar-refractivity contribution in [2.45, 2.75) is 62.6 Å². The fourth-order valence-electron chi connectivity index (χ4n) is 6.25. The average molecular weight is 596 g/mol. The van der Waals surface area contributed by atoms with Gasteiger partial charge in [-0.1, -0.05) is 22.6 Å². The number of halogens is 2. The van der Waals surface area contributed by atoms with Gasteiger partial charge in [-0.3, -0.25) is 0 Å². The molecule has 2 aliphatic heterocycles. The van der Waals surface area contributed by atoms with Crippen molar-refractivity contribution in [3.63, 3.8) is 0 Å². The van der Waals surface area contributed by atoms with E-state index in [0.717, 1.165) is 47.6 Å². The molecule has 0 N–H and O–H groups in total. The van der Waals surface area contributed by atoms with E-state index in [2.05, 4.69) is 10.1 Å². The molecule has 1 saturated carbocycles. The first-order chi connectivity index (χ1) is 20.4. The van der Waals surface area contributed by atoms with Gasteiger partial charge in [-0.15, -0.1) is 0 Å². The number of methoxy groups -OCH3 is 2. The second-order valence-corrected chi connectivity index (χ2v) is 12.0. The number of thiazole rings is 1. The van der Waals surface area contributed by atoms with Crippen molar-refractivity contribution >= 4 is 38.6 Å². The molecule has 1 unspecified atom stereocenters. The van der Waals surface area contributed by atoms with E-state index in [1.165, 1.54) is 31.6 Å². The van der Waals surface area contributed by atoms with Crippen molar-refractivity contribution in [3.05, 3.63) is 58.9 Å². The maximum Gasteiger partial charge on any atom is 0.344 e. The molecule has 12 heteroatoms. The Morgan fingerprint density at radius 3 is 2.38 bits per heavy atom. The molecular weight excluding hydrogens is 568 g/mol. The molecule has 1 aliphatic carbocycles. The maximum atomic E-state index is 14.7. The third kappa shape index (κ3) is 4.48. The molecule has 9 nitrogen and oxygen atoms in total. The van der Waals surface area contributed by atoms with Crippen LogP contribution >= 0.6 is 11.3 Å². The quantitative estimate of drug-likeness (QED) is 0.229. The lowest BCUT2D eigenvalue weighted by Gasteiger charge is -2.38. The molecular formula is C30H27F2N3O6S. The van der Waals surface area contributed by atoms with E-state index in [9.17, 15) is 18.4 Å². The normalized spacial score (nSPS) is 21.5. The lowest BCUT2D eigenvalue weighted by molar-refractivity contribution is 0.0202. The zero-order valence-corrected chi connectivity index (χ0v) is 23.7. The second-order valence-electron chi connectivity index (χ2n) is 10.9. The lowest BCUT2D eigenvalue weighted by Crippen LogP contribution is -2.46. The Morgan fingerprint density at radius 1 is 1.02 bits per heavy atom. The fourth-order valence-corrected chi connectivity index (χ4v) is 7.42.